The van der Waals surface area contributed by atoms with Crippen molar-refractivity contribution in [3.05, 3.63) is 18.6 Å². The molecule has 58 valence electrons. The summed E-state index contributed by atoms with van der Waals surface area (Å²) in [4.78, 5) is 9.85. The van der Waals surface area contributed by atoms with Gasteiger partial charge < -0.3 is 10.0 Å². The maximum absolute atomic E-state index is 8.99. The van der Waals surface area contributed by atoms with Crippen molar-refractivity contribution < 1.29 is 5.11 Å². The number of aliphatic hydroxyl groups excluding tert-OH is 1. The summed E-state index contributed by atoms with van der Waals surface area (Å²) in [5.41, 5.74) is 0. The molecular weight excluding hydrogens is 142 g/mol. The van der Waals surface area contributed by atoms with E-state index in [0.717, 1.165) is 5.82 Å². The lowest BCUT2D eigenvalue weighted by atomic mass is 10.2. The smallest absolute Gasteiger partial charge is 0.132 e. The van der Waals surface area contributed by atoms with Crippen molar-refractivity contribution in [3.63, 3.8) is 0 Å². The van der Waals surface area contributed by atoms with E-state index in [1.54, 1.807) is 6.20 Å². The Morgan fingerprint density at radius 3 is 2.91 bits per heavy atom. The van der Waals surface area contributed by atoms with Crippen LogP contribution in [0.1, 0.15) is 0 Å². The summed E-state index contributed by atoms with van der Waals surface area (Å²) in [5, 5.41) is 8.99. The van der Waals surface area contributed by atoms with E-state index in [0.29, 0.717) is 13.1 Å². The van der Waals surface area contributed by atoms with E-state index >= 15 is 0 Å². The maximum atomic E-state index is 8.99. The molecule has 1 aromatic rings. The molecule has 0 amide bonds. The second-order valence-electron chi connectivity index (χ2n) is 2.63. The van der Waals surface area contributed by atoms with Crippen LogP contribution >= 0.6 is 0 Å². The first-order valence-electron chi connectivity index (χ1n) is 3.55. The van der Waals surface area contributed by atoms with Gasteiger partial charge in [-0.3, -0.25) is 0 Å². The van der Waals surface area contributed by atoms with Crippen molar-refractivity contribution in [2.24, 2.45) is 0 Å². The number of rotatable bonds is 1. The largest absolute Gasteiger partial charge is 0.389 e. The Bertz CT molecular complexity index is 233. The predicted molar refractivity (Wildman–Crippen MR) is 40.3 cm³/mol. The maximum Gasteiger partial charge on any atom is 0.132 e. The van der Waals surface area contributed by atoms with Crippen LogP contribution in [0.5, 0.6) is 0 Å². The van der Waals surface area contributed by atoms with Gasteiger partial charge in [-0.1, -0.05) is 0 Å². The van der Waals surface area contributed by atoms with E-state index in [9.17, 15) is 0 Å². The summed E-state index contributed by atoms with van der Waals surface area (Å²) in [6, 6.07) is 1.84. The highest BCUT2D eigenvalue weighted by atomic mass is 16.3. The van der Waals surface area contributed by atoms with Crippen LogP contribution in [0.2, 0.25) is 0 Å². The van der Waals surface area contributed by atoms with Gasteiger partial charge in [0.05, 0.1) is 6.10 Å². The van der Waals surface area contributed by atoms with Crippen LogP contribution in [0.15, 0.2) is 18.6 Å². The second kappa shape index (κ2) is 2.47. The first kappa shape index (κ1) is 6.54. The topological polar surface area (TPSA) is 49.2 Å². The highest BCUT2D eigenvalue weighted by molar-refractivity contribution is 5.40. The Morgan fingerprint density at radius 1 is 1.55 bits per heavy atom. The molecule has 0 aliphatic carbocycles. The van der Waals surface area contributed by atoms with Crippen LogP contribution in [0.25, 0.3) is 0 Å². The average molecular weight is 151 g/mol. The molecule has 2 rings (SSSR count). The van der Waals surface area contributed by atoms with Gasteiger partial charge in [-0.05, 0) is 6.07 Å². The minimum atomic E-state index is -0.176. The van der Waals surface area contributed by atoms with Crippen molar-refractivity contribution in [1.82, 2.24) is 9.97 Å². The number of β-amino-alcohol motifs (C(OH)–C–C–N with tert-alkyl or cyclic N) is 1. The minimum Gasteiger partial charge on any atom is -0.389 e. The SMILES string of the molecule is OC1CN(c2ccncn2)C1. The van der Waals surface area contributed by atoms with Crippen molar-refractivity contribution in [2.75, 3.05) is 18.0 Å². The highest BCUT2D eigenvalue weighted by Gasteiger charge is 2.24. The number of hydrogen-bond acceptors (Lipinski definition) is 4. The Hall–Kier alpha value is -1.16. The molecule has 1 aliphatic rings. The number of anilines is 1. The molecule has 4 heteroatoms. The fraction of sp³-hybridized carbons (Fsp3) is 0.429. The molecule has 1 fully saturated rings. The third-order valence-corrected chi connectivity index (χ3v) is 1.75. The molecule has 0 radical (unpaired) electrons. The fourth-order valence-electron chi connectivity index (χ4n) is 1.11. The van der Waals surface area contributed by atoms with E-state index in [4.69, 9.17) is 5.11 Å². The lowest BCUT2D eigenvalue weighted by Crippen LogP contribution is -2.51. The standard InChI is InChI=1S/C7H9N3O/c11-6-3-10(4-6)7-1-2-8-5-9-7/h1-2,5-6,11H,3-4H2. The fourth-order valence-corrected chi connectivity index (χ4v) is 1.11. The molecule has 0 spiro atoms. The molecule has 1 saturated heterocycles. The molecule has 4 nitrogen and oxygen atoms in total. The van der Waals surface area contributed by atoms with E-state index in [-0.39, 0.29) is 6.10 Å². The first-order valence-corrected chi connectivity index (χ1v) is 3.55. The molecule has 1 N–H and O–H groups in total. The van der Waals surface area contributed by atoms with Gasteiger partial charge in [0, 0.05) is 19.3 Å². The lowest BCUT2D eigenvalue weighted by Gasteiger charge is -2.36. The Balaban J connectivity index is 2.08. The summed E-state index contributed by atoms with van der Waals surface area (Å²) >= 11 is 0. The predicted octanol–water partition coefficient (Wildman–Crippen LogP) is -0.343. The Morgan fingerprint density at radius 2 is 2.36 bits per heavy atom. The van der Waals surface area contributed by atoms with Crippen molar-refractivity contribution >= 4 is 5.82 Å². The summed E-state index contributed by atoms with van der Waals surface area (Å²) in [6.45, 7) is 1.38. The molecule has 0 bridgehead atoms. The molecule has 0 atom stereocenters. The monoisotopic (exact) mass is 151 g/mol. The molecule has 1 aromatic heterocycles. The Labute approximate surface area is 64.5 Å². The van der Waals surface area contributed by atoms with Crippen molar-refractivity contribution in [1.29, 1.82) is 0 Å². The van der Waals surface area contributed by atoms with Gasteiger partial charge in [-0.15, -0.1) is 0 Å². The van der Waals surface area contributed by atoms with Crippen LogP contribution in [-0.4, -0.2) is 34.3 Å². The van der Waals surface area contributed by atoms with Gasteiger partial charge in [0.2, 0.25) is 0 Å². The van der Waals surface area contributed by atoms with Crippen LogP contribution < -0.4 is 4.90 Å². The van der Waals surface area contributed by atoms with Crippen LogP contribution in [0, 0.1) is 0 Å². The second-order valence-corrected chi connectivity index (χ2v) is 2.63. The quantitative estimate of drug-likeness (QED) is 0.596. The van der Waals surface area contributed by atoms with E-state index in [1.807, 2.05) is 11.0 Å². The molecule has 1 aliphatic heterocycles. The molecule has 11 heavy (non-hydrogen) atoms. The van der Waals surface area contributed by atoms with Crippen LogP contribution in [-0.2, 0) is 0 Å². The molecular formula is C7H9N3O. The van der Waals surface area contributed by atoms with E-state index in [1.165, 1.54) is 6.33 Å². The van der Waals surface area contributed by atoms with Crippen LogP contribution in [0.4, 0.5) is 5.82 Å². The molecule has 0 aromatic carbocycles. The average Bonchev–Trinajstić information content (AvgIpc) is 2.01. The summed E-state index contributed by atoms with van der Waals surface area (Å²) in [6.07, 6.45) is 3.04. The van der Waals surface area contributed by atoms with Gasteiger partial charge >= 0.3 is 0 Å². The first-order chi connectivity index (χ1) is 5.36. The van der Waals surface area contributed by atoms with Gasteiger partial charge in [0.1, 0.15) is 12.1 Å². The highest BCUT2D eigenvalue weighted by Crippen LogP contribution is 2.15. The van der Waals surface area contributed by atoms with E-state index < -0.39 is 0 Å². The number of nitrogens with zero attached hydrogens (tertiary/aromatic N) is 3. The summed E-state index contributed by atoms with van der Waals surface area (Å²) < 4.78 is 0. The molecule has 0 saturated carbocycles. The van der Waals surface area contributed by atoms with Gasteiger partial charge in [0.25, 0.3) is 0 Å². The van der Waals surface area contributed by atoms with Crippen molar-refractivity contribution in [3.8, 4) is 0 Å². The lowest BCUT2D eigenvalue weighted by molar-refractivity contribution is 0.141. The zero-order valence-electron chi connectivity index (χ0n) is 6.01. The van der Waals surface area contributed by atoms with Crippen LogP contribution in [0.3, 0.4) is 0 Å². The summed E-state index contributed by atoms with van der Waals surface area (Å²) in [7, 11) is 0. The third kappa shape index (κ3) is 1.17. The zero-order valence-corrected chi connectivity index (χ0v) is 6.01. The van der Waals surface area contributed by atoms with Gasteiger partial charge in [-0.2, -0.15) is 0 Å². The normalized spacial score (nSPS) is 18.1. The van der Waals surface area contributed by atoms with Gasteiger partial charge in [-0.25, -0.2) is 9.97 Å². The summed E-state index contributed by atoms with van der Waals surface area (Å²) in [5.74, 6) is 0.894. The molecule has 2 heterocycles. The molecule has 0 unspecified atom stereocenters. The van der Waals surface area contributed by atoms with Crippen molar-refractivity contribution in [2.45, 2.75) is 6.10 Å². The number of aromatic nitrogens is 2. The van der Waals surface area contributed by atoms with Gasteiger partial charge in [0.15, 0.2) is 0 Å². The number of hydrogen-bond donors (Lipinski definition) is 1. The third-order valence-electron chi connectivity index (χ3n) is 1.75. The number of aliphatic hydroxyl groups is 1. The minimum absolute atomic E-state index is 0.176. The van der Waals surface area contributed by atoms with E-state index in [2.05, 4.69) is 9.97 Å². The Kier molecular flexibility index (Phi) is 1.47. The zero-order chi connectivity index (χ0) is 7.68.